The van der Waals surface area contributed by atoms with Gasteiger partial charge in [-0.25, -0.2) is 4.79 Å². The number of anilines is 1. The van der Waals surface area contributed by atoms with Gasteiger partial charge in [0.15, 0.2) is 0 Å². The molecule has 0 aliphatic carbocycles. The topological polar surface area (TPSA) is 97.0 Å². The number of rotatable bonds is 8. The third kappa shape index (κ3) is 7.95. The Hall–Kier alpha value is -3.64. The van der Waals surface area contributed by atoms with E-state index in [0.29, 0.717) is 17.0 Å². The summed E-state index contributed by atoms with van der Waals surface area (Å²) in [6.45, 7) is 8.89. The zero-order valence-electron chi connectivity index (χ0n) is 21.4. The van der Waals surface area contributed by atoms with E-state index < -0.39 is 35.6 Å². The number of hydrogen-bond acceptors (Lipinski definition) is 6. The molecular formula is C27H33N3O5S. The van der Waals surface area contributed by atoms with Gasteiger partial charge in [0.1, 0.15) is 23.4 Å². The van der Waals surface area contributed by atoms with Crippen molar-refractivity contribution in [3.05, 3.63) is 59.2 Å². The predicted molar refractivity (Wildman–Crippen MR) is 143 cm³/mol. The van der Waals surface area contributed by atoms with Crippen LogP contribution in [0.3, 0.4) is 0 Å². The zero-order chi connectivity index (χ0) is 27.0. The standard InChI is InChI=1S/C27H33N3O5S/c1-8-30(25(32)22(16-36)29-26(33)35-27(4,5)6)23(19-14-17(2)13-18(3)15-19)24(31)28-20-9-11-21(34-7)12-10-20/h1,9-15,22-23,36H,16H2,2-7H3,(H,28,31)(H,29,33). The number of amides is 3. The average molecular weight is 512 g/mol. The van der Waals surface area contributed by atoms with E-state index in [0.717, 1.165) is 16.0 Å². The Morgan fingerprint density at radius 3 is 2.14 bits per heavy atom. The predicted octanol–water partition coefficient (Wildman–Crippen LogP) is 4.23. The van der Waals surface area contributed by atoms with Gasteiger partial charge in [0.2, 0.25) is 0 Å². The van der Waals surface area contributed by atoms with E-state index in [2.05, 4.69) is 29.3 Å². The van der Waals surface area contributed by atoms with Crippen molar-refractivity contribution in [3.63, 3.8) is 0 Å². The van der Waals surface area contributed by atoms with Gasteiger partial charge in [-0.15, -0.1) is 0 Å². The number of hydrogen-bond donors (Lipinski definition) is 3. The summed E-state index contributed by atoms with van der Waals surface area (Å²) in [7, 11) is 1.54. The van der Waals surface area contributed by atoms with Crippen LogP contribution in [0.1, 0.15) is 43.5 Å². The molecule has 0 bridgehead atoms. The molecule has 36 heavy (non-hydrogen) atoms. The monoisotopic (exact) mass is 511 g/mol. The fourth-order valence-corrected chi connectivity index (χ4v) is 3.79. The summed E-state index contributed by atoms with van der Waals surface area (Å²) in [5.41, 5.74) is 2.06. The van der Waals surface area contributed by atoms with Crippen LogP contribution in [0.2, 0.25) is 0 Å². The normalized spacial score (nSPS) is 12.5. The highest BCUT2D eigenvalue weighted by atomic mass is 32.1. The summed E-state index contributed by atoms with van der Waals surface area (Å²) in [5, 5.41) is 5.31. The lowest BCUT2D eigenvalue weighted by Gasteiger charge is -2.30. The van der Waals surface area contributed by atoms with Crippen LogP contribution in [0.4, 0.5) is 10.5 Å². The second-order valence-corrected chi connectivity index (χ2v) is 9.63. The Balaban J connectivity index is 2.43. The summed E-state index contributed by atoms with van der Waals surface area (Å²) >= 11 is 4.21. The van der Waals surface area contributed by atoms with Gasteiger partial charge in [-0.1, -0.05) is 35.7 Å². The Morgan fingerprint density at radius 2 is 1.67 bits per heavy atom. The van der Waals surface area contributed by atoms with Crippen LogP contribution in [0.5, 0.6) is 5.75 Å². The molecule has 2 N–H and O–H groups in total. The van der Waals surface area contributed by atoms with Crippen LogP contribution in [0.25, 0.3) is 0 Å². The molecule has 2 aromatic carbocycles. The molecule has 0 saturated heterocycles. The molecule has 9 heteroatoms. The van der Waals surface area contributed by atoms with E-state index >= 15 is 0 Å². The van der Waals surface area contributed by atoms with E-state index in [1.807, 2.05) is 19.9 Å². The Morgan fingerprint density at radius 1 is 1.08 bits per heavy atom. The smallest absolute Gasteiger partial charge is 0.408 e. The first-order valence-corrected chi connectivity index (χ1v) is 11.9. The molecular weight excluding hydrogens is 478 g/mol. The van der Waals surface area contributed by atoms with Crippen LogP contribution >= 0.6 is 12.6 Å². The van der Waals surface area contributed by atoms with E-state index in [1.54, 1.807) is 64.3 Å². The molecule has 2 unspecified atom stereocenters. The molecule has 0 radical (unpaired) electrons. The Bertz CT molecular complexity index is 1120. The lowest BCUT2D eigenvalue weighted by Crippen LogP contribution is -2.51. The molecule has 0 aliphatic rings. The first-order chi connectivity index (χ1) is 16.9. The van der Waals surface area contributed by atoms with E-state index in [9.17, 15) is 14.4 Å². The number of carbonyl (C=O) groups is 3. The maximum atomic E-state index is 13.6. The fourth-order valence-electron chi connectivity index (χ4n) is 3.54. The highest BCUT2D eigenvalue weighted by Crippen LogP contribution is 2.26. The lowest BCUT2D eigenvalue weighted by molar-refractivity contribution is -0.136. The largest absolute Gasteiger partial charge is 0.497 e. The number of nitrogens with zero attached hydrogens (tertiary/aromatic N) is 1. The van der Waals surface area contributed by atoms with Crippen LogP contribution < -0.4 is 15.4 Å². The quantitative estimate of drug-likeness (QED) is 0.280. The summed E-state index contributed by atoms with van der Waals surface area (Å²) in [6, 6.07) is 12.3. The Labute approximate surface area is 218 Å². The average Bonchev–Trinajstić information content (AvgIpc) is 2.79. The summed E-state index contributed by atoms with van der Waals surface area (Å²) in [4.78, 5) is 40.4. The molecule has 0 spiro atoms. The van der Waals surface area contributed by atoms with Crippen molar-refractivity contribution in [2.75, 3.05) is 18.2 Å². The molecule has 0 heterocycles. The van der Waals surface area contributed by atoms with Gasteiger partial charge in [-0.05, 0) is 64.4 Å². The summed E-state index contributed by atoms with van der Waals surface area (Å²) < 4.78 is 10.4. The van der Waals surface area contributed by atoms with Gasteiger partial charge >= 0.3 is 6.09 Å². The molecule has 2 aromatic rings. The van der Waals surface area contributed by atoms with Gasteiger partial charge in [0.05, 0.1) is 7.11 Å². The number of ether oxygens (including phenoxy) is 2. The maximum absolute atomic E-state index is 13.6. The van der Waals surface area contributed by atoms with Gasteiger partial charge in [-0.3, -0.25) is 14.5 Å². The van der Waals surface area contributed by atoms with Crippen molar-refractivity contribution in [2.24, 2.45) is 0 Å². The number of thiol groups is 1. The van der Waals surface area contributed by atoms with Crippen molar-refractivity contribution < 1.29 is 23.9 Å². The minimum absolute atomic E-state index is 0.0596. The van der Waals surface area contributed by atoms with Crippen molar-refractivity contribution >= 4 is 36.2 Å². The molecule has 2 atom stereocenters. The number of aryl methyl sites for hydroxylation is 2. The number of carbonyl (C=O) groups excluding carboxylic acids is 3. The minimum Gasteiger partial charge on any atom is -0.497 e. The van der Waals surface area contributed by atoms with Crippen LogP contribution in [0.15, 0.2) is 42.5 Å². The van der Waals surface area contributed by atoms with Crippen LogP contribution in [-0.2, 0) is 14.3 Å². The maximum Gasteiger partial charge on any atom is 0.408 e. The van der Waals surface area contributed by atoms with Crippen LogP contribution in [0, 0.1) is 26.3 Å². The molecule has 192 valence electrons. The molecule has 0 saturated carbocycles. The second-order valence-electron chi connectivity index (χ2n) is 9.26. The van der Waals surface area contributed by atoms with E-state index in [1.165, 1.54) is 0 Å². The summed E-state index contributed by atoms with van der Waals surface area (Å²) in [5.74, 6) is -0.626. The van der Waals surface area contributed by atoms with Gasteiger partial charge in [-0.2, -0.15) is 12.6 Å². The lowest BCUT2D eigenvalue weighted by atomic mass is 9.99. The third-order valence-corrected chi connectivity index (χ3v) is 5.34. The van der Waals surface area contributed by atoms with Crippen molar-refractivity contribution in [1.82, 2.24) is 10.2 Å². The summed E-state index contributed by atoms with van der Waals surface area (Å²) in [6.07, 6.45) is 4.98. The minimum atomic E-state index is -1.17. The van der Waals surface area contributed by atoms with Crippen LogP contribution in [-0.4, -0.2) is 47.3 Å². The fraction of sp³-hybridized carbons (Fsp3) is 0.370. The van der Waals surface area contributed by atoms with Gasteiger partial charge in [0.25, 0.3) is 11.8 Å². The highest BCUT2D eigenvalue weighted by Gasteiger charge is 2.35. The first-order valence-electron chi connectivity index (χ1n) is 11.3. The molecule has 8 nitrogen and oxygen atoms in total. The second kappa shape index (κ2) is 12.4. The highest BCUT2D eigenvalue weighted by molar-refractivity contribution is 7.80. The third-order valence-electron chi connectivity index (χ3n) is 4.97. The van der Waals surface area contributed by atoms with Crippen molar-refractivity contribution in [3.8, 4) is 18.2 Å². The van der Waals surface area contributed by atoms with Gasteiger partial charge < -0.3 is 20.1 Å². The number of terminal acetylenes is 1. The molecule has 0 aromatic heterocycles. The molecule has 3 amide bonds. The number of methoxy groups -OCH3 is 1. The van der Waals surface area contributed by atoms with Crippen molar-refractivity contribution in [2.45, 2.75) is 52.3 Å². The SMILES string of the molecule is C#CN(C(=O)C(CS)NC(=O)OC(C)(C)C)C(C(=O)Nc1ccc(OC)cc1)c1cc(C)cc(C)c1. The number of alkyl carbamates (subject to hydrolysis) is 1. The molecule has 0 fully saturated rings. The number of nitrogens with one attached hydrogen (secondary N) is 2. The van der Waals surface area contributed by atoms with Gasteiger partial charge in [0, 0.05) is 17.5 Å². The number of benzene rings is 2. The first kappa shape index (κ1) is 28.6. The van der Waals surface area contributed by atoms with E-state index in [4.69, 9.17) is 15.9 Å². The Kier molecular flexibility index (Phi) is 9.82. The van der Waals surface area contributed by atoms with E-state index in [-0.39, 0.29) is 5.75 Å². The molecule has 0 aliphatic heterocycles. The molecule has 2 rings (SSSR count). The zero-order valence-corrected chi connectivity index (χ0v) is 22.3. The van der Waals surface area contributed by atoms with Crippen molar-refractivity contribution in [1.29, 1.82) is 0 Å².